The number of carbonyl (C=O) groups excluding carboxylic acids is 1. The van der Waals surface area contributed by atoms with Crippen LogP contribution < -0.4 is 0 Å². The van der Waals surface area contributed by atoms with E-state index < -0.39 is 0 Å². The van der Waals surface area contributed by atoms with Gasteiger partial charge in [0.2, 0.25) is 0 Å². The number of thiazole rings is 1. The summed E-state index contributed by atoms with van der Waals surface area (Å²) in [7, 11) is 1.35. The number of hydrogen-bond donors (Lipinski definition) is 0. The fourth-order valence-electron chi connectivity index (χ4n) is 1.42. The highest BCUT2D eigenvalue weighted by atomic mass is 35.5. The van der Waals surface area contributed by atoms with E-state index in [2.05, 4.69) is 9.72 Å². The van der Waals surface area contributed by atoms with Crippen molar-refractivity contribution in [3.63, 3.8) is 0 Å². The molecule has 0 radical (unpaired) electrons. The molecule has 1 aromatic heterocycles. The molecule has 0 saturated carbocycles. The smallest absolute Gasteiger partial charge is 0.311 e. The normalized spacial score (nSPS) is 10.4. The van der Waals surface area contributed by atoms with Crippen molar-refractivity contribution in [1.29, 1.82) is 0 Å². The van der Waals surface area contributed by atoms with Crippen LogP contribution in [-0.2, 0) is 16.0 Å². The fourth-order valence-corrected chi connectivity index (χ4v) is 2.75. The van der Waals surface area contributed by atoms with E-state index in [1.54, 1.807) is 18.2 Å². The summed E-state index contributed by atoms with van der Waals surface area (Å²) in [5, 5.41) is 3.71. The van der Waals surface area contributed by atoms with Gasteiger partial charge in [0.15, 0.2) is 0 Å². The van der Waals surface area contributed by atoms with Gasteiger partial charge in [0.1, 0.15) is 5.01 Å². The quantitative estimate of drug-likeness (QED) is 0.809. The molecular weight excluding hydrogens is 293 g/mol. The first-order valence-corrected chi connectivity index (χ1v) is 6.69. The molecule has 3 nitrogen and oxygen atoms in total. The maximum absolute atomic E-state index is 11.1. The van der Waals surface area contributed by atoms with Crippen molar-refractivity contribution in [3.8, 4) is 10.6 Å². The van der Waals surface area contributed by atoms with Gasteiger partial charge in [-0.1, -0.05) is 23.2 Å². The van der Waals surface area contributed by atoms with E-state index in [1.165, 1.54) is 18.4 Å². The highest BCUT2D eigenvalue weighted by Gasteiger charge is 2.10. The number of aromatic nitrogens is 1. The fraction of sp³-hybridized carbons (Fsp3) is 0.167. The highest BCUT2D eigenvalue weighted by molar-refractivity contribution is 7.13. The first-order valence-electron chi connectivity index (χ1n) is 5.06. The van der Waals surface area contributed by atoms with Crippen LogP contribution in [-0.4, -0.2) is 18.1 Å². The first-order chi connectivity index (χ1) is 8.58. The van der Waals surface area contributed by atoms with Crippen molar-refractivity contribution in [2.24, 2.45) is 0 Å². The average Bonchev–Trinajstić information content (AvgIpc) is 2.76. The minimum absolute atomic E-state index is 0.168. The molecule has 18 heavy (non-hydrogen) atoms. The van der Waals surface area contributed by atoms with E-state index in [-0.39, 0.29) is 12.4 Å². The standard InChI is InChI=1S/C12H9Cl2NO2S/c1-17-11(16)5-10-6-18-12(15-10)7-2-8(13)4-9(14)3-7/h2-4,6H,5H2,1H3. The maximum atomic E-state index is 11.1. The van der Waals surface area contributed by atoms with Gasteiger partial charge in [0, 0.05) is 21.0 Å². The summed E-state index contributed by atoms with van der Waals surface area (Å²) in [6.45, 7) is 0. The Kier molecular flexibility index (Phi) is 4.22. The van der Waals surface area contributed by atoms with Crippen LogP contribution in [0.3, 0.4) is 0 Å². The Bertz CT molecular complexity index is 563. The Labute approximate surface area is 118 Å². The number of carbonyl (C=O) groups is 1. The van der Waals surface area contributed by atoms with Crippen molar-refractivity contribution < 1.29 is 9.53 Å². The second-order valence-electron chi connectivity index (χ2n) is 3.56. The molecule has 0 bridgehead atoms. The molecule has 0 spiro atoms. The predicted octanol–water partition coefficient (Wildman–Crippen LogP) is 3.83. The van der Waals surface area contributed by atoms with Crippen molar-refractivity contribution >= 4 is 40.5 Å². The molecule has 0 amide bonds. The zero-order chi connectivity index (χ0) is 13.1. The van der Waals surface area contributed by atoms with E-state index in [9.17, 15) is 4.79 Å². The van der Waals surface area contributed by atoms with Gasteiger partial charge in [0.25, 0.3) is 0 Å². The van der Waals surface area contributed by atoms with E-state index in [0.29, 0.717) is 15.7 Å². The number of esters is 1. The molecule has 2 aromatic rings. The lowest BCUT2D eigenvalue weighted by atomic mass is 10.2. The van der Waals surface area contributed by atoms with Gasteiger partial charge >= 0.3 is 5.97 Å². The molecule has 0 saturated heterocycles. The Hall–Kier alpha value is -1.10. The second kappa shape index (κ2) is 5.69. The van der Waals surface area contributed by atoms with E-state index in [1.807, 2.05) is 5.38 Å². The minimum Gasteiger partial charge on any atom is -0.469 e. The van der Waals surface area contributed by atoms with Crippen molar-refractivity contribution in [2.75, 3.05) is 7.11 Å². The molecule has 0 aliphatic heterocycles. The molecule has 0 N–H and O–H groups in total. The molecule has 1 aromatic carbocycles. The zero-order valence-electron chi connectivity index (χ0n) is 9.44. The van der Waals surface area contributed by atoms with Crippen LogP contribution in [0.4, 0.5) is 0 Å². The Morgan fingerprint density at radius 2 is 2.00 bits per heavy atom. The van der Waals surface area contributed by atoms with Gasteiger partial charge in [-0.3, -0.25) is 4.79 Å². The number of benzene rings is 1. The van der Waals surface area contributed by atoms with E-state index in [0.717, 1.165) is 10.6 Å². The number of nitrogens with zero attached hydrogens (tertiary/aromatic N) is 1. The Balaban J connectivity index is 2.26. The summed E-state index contributed by atoms with van der Waals surface area (Å²) < 4.78 is 4.59. The molecule has 94 valence electrons. The SMILES string of the molecule is COC(=O)Cc1csc(-c2cc(Cl)cc(Cl)c2)n1. The first kappa shape index (κ1) is 13.3. The molecule has 0 atom stereocenters. The Morgan fingerprint density at radius 3 is 2.61 bits per heavy atom. The van der Waals surface area contributed by atoms with Crippen LogP contribution in [0.25, 0.3) is 10.6 Å². The van der Waals surface area contributed by atoms with Crippen molar-refractivity contribution in [1.82, 2.24) is 4.98 Å². The minimum atomic E-state index is -0.309. The molecule has 0 unspecified atom stereocenters. The monoisotopic (exact) mass is 301 g/mol. The summed E-state index contributed by atoms with van der Waals surface area (Å²) in [5.41, 5.74) is 1.52. The summed E-state index contributed by atoms with van der Waals surface area (Å²) in [4.78, 5) is 15.5. The largest absolute Gasteiger partial charge is 0.469 e. The van der Waals surface area contributed by atoms with Gasteiger partial charge in [-0.05, 0) is 18.2 Å². The van der Waals surface area contributed by atoms with Crippen LogP contribution in [0.5, 0.6) is 0 Å². The van der Waals surface area contributed by atoms with Gasteiger partial charge in [-0.25, -0.2) is 4.98 Å². The molecule has 6 heteroatoms. The third kappa shape index (κ3) is 3.22. The molecule has 0 aliphatic carbocycles. The Morgan fingerprint density at radius 1 is 1.33 bits per heavy atom. The number of ether oxygens (including phenoxy) is 1. The predicted molar refractivity (Wildman–Crippen MR) is 73.3 cm³/mol. The van der Waals surface area contributed by atoms with Crippen LogP contribution in [0.1, 0.15) is 5.69 Å². The van der Waals surface area contributed by atoms with E-state index in [4.69, 9.17) is 23.2 Å². The number of rotatable bonds is 3. The van der Waals surface area contributed by atoms with E-state index >= 15 is 0 Å². The average molecular weight is 302 g/mol. The van der Waals surface area contributed by atoms with Crippen LogP contribution in [0, 0.1) is 0 Å². The molecular formula is C12H9Cl2NO2S. The maximum Gasteiger partial charge on any atom is 0.311 e. The lowest BCUT2D eigenvalue weighted by Crippen LogP contribution is -2.04. The second-order valence-corrected chi connectivity index (χ2v) is 5.29. The number of halogens is 2. The summed E-state index contributed by atoms with van der Waals surface area (Å²) in [5.74, 6) is -0.309. The molecule has 2 rings (SSSR count). The van der Waals surface area contributed by atoms with Crippen LogP contribution >= 0.6 is 34.5 Å². The third-order valence-corrected chi connectivity index (χ3v) is 3.59. The number of hydrogen-bond acceptors (Lipinski definition) is 4. The lowest BCUT2D eigenvalue weighted by Gasteiger charge is -1.99. The summed E-state index contributed by atoms with van der Waals surface area (Å²) in [6.07, 6.45) is 0.168. The van der Waals surface area contributed by atoms with Crippen molar-refractivity contribution in [2.45, 2.75) is 6.42 Å². The zero-order valence-corrected chi connectivity index (χ0v) is 11.8. The van der Waals surface area contributed by atoms with Crippen LogP contribution in [0.2, 0.25) is 10.0 Å². The third-order valence-electron chi connectivity index (χ3n) is 2.21. The number of methoxy groups -OCH3 is 1. The van der Waals surface area contributed by atoms with Gasteiger partial charge < -0.3 is 4.74 Å². The summed E-state index contributed by atoms with van der Waals surface area (Å²) >= 11 is 13.3. The van der Waals surface area contributed by atoms with Gasteiger partial charge in [-0.2, -0.15) is 0 Å². The molecule has 1 heterocycles. The summed E-state index contributed by atoms with van der Waals surface area (Å²) in [6, 6.07) is 5.23. The van der Waals surface area contributed by atoms with Crippen molar-refractivity contribution in [3.05, 3.63) is 39.3 Å². The van der Waals surface area contributed by atoms with Gasteiger partial charge in [0.05, 0.1) is 19.2 Å². The van der Waals surface area contributed by atoms with Gasteiger partial charge in [-0.15, -0.1) is 11.3 Å². The molecule has 0 aliphatic rings. The highest BCUT2D eigenvalue weighted by Crippen LogP contribution is 2.29. The molecule has 0 fully saturated rings. The topological polar surface area (TPSA) is 39.2 Å². The lowest BCUT2D eigenvalue weighted by molar-refractivity contribution is -0.139. The van der Waals surface area contributed by atoms with Crippen LogP contribution in [0.15, 0.2) is 23.6 Å².